The molecule has 8 nitrogen and oxygen atoms in total. The molecule has 1 fully saturated rings. The van der Waals surface area contributed by atoms with Crippen LogP contribution in [-0.4, -0.2) is 45.5 Å². The van der Waals surface area contributed by atoms with Crippen LogP contribution < -0.4 is 5.56 Å². The van der Waals surface area contributed by atoms with E-state index in [-0.39, 0.29) is 12.1 Å². The van der Waals surface area contributed by atoms with E-state index in [0.29, 0.717) is 23.1 Å². The van der Waals surface area contributed by atoms with Crippen LogP contribution in [0.15, 0.2) is 11.1 Å². The Bertz CT molecular complexity index is 1040. The molecule has 0 atom stereocenters. The Balaban J connectivity index is 1.64. The number of thiophene rings is 1. The van der Waals surface area contributed by atoms with Gasteiger partial charge in [-0.05, 0) is 32.3 Å². The number of esters is 1. The van der Waals surface area contributed by atoms with Gasteiger partial charge in [0.1, 0.15) is 16.9 Å². The van der Waals surface area contributed by atoms with Gasteiger partial charge >= 0.3 is 5.97 Å². The van der Waals surface area contributed by atoms with Gasteiger partial charge in [0.15, 0.2) is 6.61 Å². The fourth-order valence-corrected chi connectivity index (χ4v) is 4.69. The number of carbonyl (C=O) groups excluding carboxylic acids is 2. The van der Waals surface area contributed by atoms with Crippen LogP contribution in [0.4, 0.5) is 0 Å². The van der Waals surface area contributed by atoms with Crippen LogP contribution in [0, 0.1) is 25.2 Å². The van der Waals surface area contributed by atoms with Crippen molar-refractivity contribution >= 4 is 33.4 Å². The van der Waals surface area contributed by atoms with Gasteiger partial charge in [0.05, 0.1) is 17.8 Å². The molecule has 2 heterocycles. The number of amides is 1. The highest BCUT2D eigenvalue weighted by molar-refractivity contribution is 7.18. The van der Waals surface area contributed by atoms with Crippen molar-refractivity contribution in [3.8, 4) is 6.07 Å². The monoisotopic (exact) mass is 416 g/mol. The summed E-state index contributed by atoms with van der Waals surface area (Å²) in [4.78, 5) is 44.6. The quantitative estimate of drug-likeness (QED) is 0.693. The minimum atomic E-state index is -0.831. The first-order valence-corrected chi connectivity index (χ1v) is 10.4. The molecule has 1 aliphatic carbocycles. The predicted molar refractivity (Wildman–Crippen MR) is 109 cm³/mol. The molecule has 3 rings (SSSR count). The zero-order chi connectivity index (χ0) is 21.2. The minimum absolute atomic E-state index is 0.303. The molecule has 0 saturated heterocycles. The highest BCUT2D eigenvalue weighted by Gasteiger charge is 2.39. The summed E-state index contributed by atoms with van der Waals surface area (Å²) in [7, 11) is 1.58. The number of likely N-dealkylation sites (N-methyl/N-ethyl adjacent to an activating group) is 1. The molecule has 9 heteroatoms. The van der Waals surface area contributed by atoms with Crippen molar-refractivity contribution in [1.82, 2.24) is 14.5 Å². The van der Waals surface area contributed by atoms with Crippen molar-refractivity contribution < 1.29 is 14.3 Å². The van der Waals surface area contributed by atoms with Crippen LogP contribution in [0.3, 0.4) is 0 Å². The van der Waals surface area contributed by atoms with Crippen LogP contribution in [-0.2, 0) is 20.9 Å². The first kappa shape index (κ1) is 21.0. The van der Waals surface area contributed by atoms with Gasteiger partial charge < -0.3 is 9.64 Å². The van der Waals surface area contributed by atoms with Crippen LogP contribution in [0.25, 0.3) is 10.2 Å². The van der Waals surface area contributed by atoms with E-state index in [1.165, 1.54) is 27.1 Å². The number of nitriles is 1. The molecule has 0 radical (unpaired) electrons. The summed E-state index contributed by atoms with van der Waals surface area (Å²) in [5.41, 5.74) is -0.277. The summed E-state index contributed by atoms with van der Waals surface area (Å²) in [6.07, 6.45) is 5.41. The first-order valence-electron chi connectivity index (χ1n) is 9.58. The number of aromatic nitrogens is 2. The molecule has 2 aromatic rings. The Morgan fingerprint density at radius 1 is 1.34 bits per heavy atom. The average molecular weight is 417 g/mol. The Morgan fingerprint density at radius 2 is 2.03 bits per heavy atom. The molecule has 0 unspecified atom stereocenters. The van der Waals surface area contributed by atoms with E-state index < -0.39 is 24.0 Å². The topological polar surface area (TPSA) is 105 Å². The van der Waals surface area contributed by atoms with E-state index in [4.69, 9.17) is 4.74 Å². The molecular formula is C20H24N4O4S. The van der Waals surface area contributed by atoms with Crippen molar-refractivity contribution in [3.63, 3.8) is 0 Å². The van der Waals surface area contributed by atoms with Gasteiger partial charge in [-0.3, -0.25) is 19.0 Å². The molecule has 2 aromatic heterocycles. The maximum atomic E-state index is 12.6. The van der Waals surface area contributed by atoms with Crippen LogP contribution in [0.1, 0.15) is 42.5 Å². The van der Waals surface area contributed by atoms with Crippen molar-refractivity contribution in [2.45, 2.75) is 58.0 Å². The van der Waals surface area contributed by atoms with Crippen LogP contribution in [0.5, 0.6) is 0 Å². The third-order valence-corrected chi connectivity index (χ3v) is 6.83. The Labute approximate surface area is 172 Å². The van der Waals surface area contributed by atoms with Crippen LogP contribution in [0.2, 0.25) is 0 Å². The SMILES string of the molecule is Cc1sc2ncn(CC(=O)OCC(=O)N(C)C3(C#N)CCCCC3)c(=O)c2c1C. The fraction of sp³-hybridized carbons (Fsp3) is 0.550. The van der Waals surface area contributed by atoms with Crippen molar-refractivity contribution in [2.24, 2.45) is 0 Å². The maximum absolute atomic E-state index is 12.6. The molecule has 1 amide bonds. The molecule has 0 bridgehead atoms. The maximum Gasteiger partial charge on any atom is 0.326 e. The molecule has 1 saturated carbocycles. The Hall–Kier alpha value is -2.73. The smallest absolute Gasteiger partial charge is 0.326 e. The van der Waals surface area contributed by atoms with Crippen molar-refractivity contribution in [1.29, 1.82) is 5.26 Å². The first-order chi connectivity index (χ1) is 13.8. The standard InChI is InChI=1S/C20H24N4O4S/c1-13-14(2)29-18-17(13)19(27)24(12-22-18)9-16(26)28-10-15(25)23(3)20(11-21)7-5-4-6-8-20/h12H,4-10H2,1-3H3. The zero-order valence-electron chi connectivity index (χ0n) is 16.9. The second kappa shape index (κ2) is 8.33. The van der Waals surface area contributed by atoms with Gasteiger partial charge in [-0.2, -0.15) is 5.26 Å². The number of carbonyl (C=O) groups is 2. The lowest BCUT2D eigenvalue weighted by molar-refractivity contribution is -0.154. The van der Waals surface area contributed by atoms with Gasteiger partial charge in [0.25, 0.3) is 11.5 Å². The van der Waals surface area contributed by atoms with Gasteiger partial charge in [-0.25, -0.2) is 4.98 Å². The average Bonchev–Trinajstić information content (AvgIpc) is 3.02. The van der Waals surface area contributed by atoms with Gasteiger partial charge in [-0.1, -0.05) is 19.3 Å². The summed E-state index contributed by atoms with van der Waals surface area (Å²) in [5, 5.41) is 10.1. The highest BCUT2D eigenvalue weighted by Crippen LogP contribution is 2.32. The number of fused-ring (bicyclic) bond motifs is 1. The van der Waals surface area contributed by atoms with Crippen molar-refractivity contribution in [2.75, 3.05) is 13.7 Å². The molecule has 154 valence electrons. The number of rotatable bonds is 5. The zero-order valence-corrected chi connectivity index (χ0v) is 17.7. The highest BCUT2D eigenvalue weighted by atomic mass is 32.1. The number of hydrogen-bond acceptors (Lipinski definition) is 7. The van der Waals surface area contributed by atoms with E-state index in [1.54, 1.807) is 7.05 Å². The van der Waals surface area contributed by atoms with Crippen molar-refractivity contribution in [3.05, 3.63) is 27.1 Å². The normalized spacial score (nSPS) is 15.7. The third-order valence-electron chi connectivity index (χ3n) is 5.72. The second-order valence-electron chi connectivity index (χ2n) is 7.46. The van der Waals surface area contributed by atoms with Gasteiger partial charge in [0, 0.05) is 11.9 Å². The lowest BCUT2D eigenvalue weighted by Crippen LogP contribution is -2.51. The van der Waals surface area contributed by atoms with E-state index in [2.05, 4.69) is 11.1 Å². The van der Waals surface area contributed by atoms with E-state index >= 15 is 0 Å². The second-order valence-corrected chi connectivity index (χ2v) is 8.66. The molecule has 0 aliphatic heterocycles. The number of nitrogens with zero attached hydrogens (tertiary/aromatic N) is 4. The van der Waals surface area contributed by atoms with Crippen LogP contribution >= 0.6 is 11.3 Å². The lowest BCUT2D eigenvalue weighted by atomic mass is 9.81. The molecule has 29 heavy (non-hydrogen) atoms. The number of aryl methyl sites for hydroxylation is 2. The summed E-state index contributed by atoms with van der Waals surface area (Å²) < 4.78 is 6.28. The molecule has 0 aromatic carbocycles. The summed E-state index contributed by atoms with van der Waals surface area (Å²) in [5.74, 6) is -1.12. The van der Waals surface area contributed by atoms with Gasteiger partial charge in [0.2, 0.25) is 0 Å². The number of hydrogen-bond donors (Lipinski definition) is 0. The minimum Gasteiger partial charge on any atom is -0.454 e. The van der Waals surface area contributed by atoms with E-state index in [9.17, 15) is 19.6 Å². The summed E-state index contributed by atoms with van der Waals surface area (Å²) >= 11 is 1.44. The third kappa shape index (κ3) is 4.03. The lowest BCUT2D eigenvalue weighted by Gasteiger charge is -2.38. The largest absolute Gasteiger partial charge is 0.454 e. The van der Waals surface area contributed by atoms with E-state index in [0.717, 1.165) is 29.7 Å². The summed E-state index contributed by atoms with van der Waals surface area (Å²) in [6, 6.07) is 2.27. The number of ether oxygens (including phenoxy) is 1. The van der Waals surface area contributed by atoms with E-state index in [1.807, 2.05) is 13.8 Å². The molecule has 1 aliphatic rings. The molecule has 0 spiro atoms. The molecule has 0 N–H and O–H groups in total. The Kier molecular flexibility index (Phi) is 6.03. The molecular weight excluding hydrogens is 392 g/mol. The Morgan fingerprint density at radius 3 is 2.69 bits per heavy atom. The van der Waals surface area contributed by atoms with Gasteiger partial charge in [-0.15, -0.1) is 11.3 Å². The summed E-state index contributed by atoms with van der Waals surface area (Å²) in [6.45, 7) is 2.99. The fourth-order valence-electron chi connectivity index (χ4n) is 3.70. The predicted octanol–water partition coefficient (Wildman–Crippen LogP) is 2.30.